The molecular weight excluding hydrogens is 230 g/mol. The summed E-state index contributed by atoms with van der Waals surface area (Å²) >= 11 is 0. The second kappa shape index (κ2) is 5.37. The molecule has 0 saturated carbocycles. The van der Waals surface area contributed by atoms with E-state index in [1.165, 1.54) is 18.7 Å². The molecule has 0 aliphatic heterocycles. The highest BCUT2D eigenvalue weighted by Crippen LogP contribution is 2.22. The molecule has 0 saturated heterocycles. The van der Waals surface area contributed by atoms with Crippen molar-refractivity contribution in [3.63, 3.8) is 0 Å². The van der Waals surface area contributed by atoms with E-state index in [0.717, 1.165) is 0 Å². The summed E-state index contributed by atoms with van der Waals surface area (Å²) in [7, 11) is 0. The summed E-state index contributed by atoms with van der Waals surface area (Å²) in [6.45, 7) is 1.65. The van der Waals surface area contributed by atoms with Crippen molar-refractivity contribution in [2.45, 2.75) is 13.0 Å². The van der Waals surface area contributed by atoms with Crippen LogP contribution in [0.25, 0.3) is 0 Å². The molecule has 1 unspecified atom stereocenters. The topological polar surface area (TPSA) is 75.1 Å². The molecule has 5 heteroatoms. The highest BCUT2D eigenvalue weighted by atomic mass is 16.3. The zero-order chi connectivity index (χ0) is 13.0. The van der Waals surface area contributed by atoms with Gasteiger partial charge in [-0.1, -0.05) is 18.2 Å². The number of anilines is 1. The van der Waals surface area contributed by atoms with Crippen LogP contribution in [0.3, 0.4) is 0 Å². The van der Waals surface area contributed by atoms with Crippen molar-refractivity contribution < 1.29 is 9.90 Å². The van der Waals surface area contributed by atoms with Gasteiger partial charge in [0, 0.05) is 23.6 Å². The van der Waals surface area contributed by atoms with Crippen LogP contribution >= 0.6 is 0 Å². The van der Waals surface area contributed by atoms with Crippen molar-refractivity contribution in [2.24, 2.45) is 0 Å². The van der Waals surface area contributed by atoms with Crippen molar-refractivity contribution in [1.82, 2.24) is 9.97 Å². The highest BCUT2D eigenvalue weighted by molar-refractivity contribution is 6.04. The number of nitrogens with one attached hydrogen (secondary N) is 1. The minimum atomic E-state index is -0.645. The SMILES string of the molecule is CC(O)c1ccccc1NC(=O)c1cncnc1. The van der Waals surface area contributed by atoms with Crippen molar-refractivity contribution in [2.75, 3.05) is 5.32 Å². The van der Waals surface area contributed by atoms with Gasteiger partial charge in [-0.05, 0) is 13.0 Å². The Morgan fingerprint density at radius 3 is 2.61 bits per heavy atom. The second-order valence-electron chi connectivity index (χ2n) is 3.84. The number of hydrogen-bond acceptors (Lipinski definition) is 4. The number of carbonyl (C=O) groups excluding carboxylic acids is 1. The summed E-state index contributed by atoms with van der Waals surface area (Å²) in [6, 6.07) is 7.11. The third-order valence-corrected chi connectivity index (χ3v) is 2.48. The molecule has 0 spiro atoms. The van der Waals surface area contributed by atoms with Gasteiger partial charge < -0.3 is 10.4 Å². The Hall–Kier alpha value is -2.27. The number of aliphatic hydroxyl groups excluding tert-OH is 1. The number of amides is 1. The number of benzene rings is 1. The van der Waals surface area contributed by atoms with Gasteiger partial charge in [0.15, 0.2) is 0 Å². The maximum Gasteiger partial charge on any atom is 0.258 e. The summed E-state index contributed by atoms with van der Waals surface area (Å²) < 4.78 is 0. The number of carbonyl (C=O) groups is 1. The lowest BCUT2D eigenvalue weighted by Gasteiger charge is -2.12. The molecule has 2 N–H and O–H groups in total. The molecule has 5 nitrogen and oxygen atoms in total. The number of para-hydroxylation sites is 1. The van der Waals surface area contributed by atoms with Crippen LogP contribution in [0.1, 0.15) is 28.9 Å². The van der Waals surface area contributed by atoms with Crippen LogP contribution in [0.2, 0.25) is 0 Å². The number of rotatable bonds is 3. The van der Waals surface area contributed by atoms with Gasteiger partial charge >= 0.3 is 0 Å². The molecule has 1 heterocycles. The fourth-order valence-electron chi connectivity index (χ4n) is 1.59. The van der Waals surface area contributed by atoms with Gasteiger partial charge in [-0.2, -0.15) is 0 Å². The van der Waals surface area contributed by atoms with Crippen molar-refractivity contribution >= 4 is 11.6 Å². The van der Waals surface area contributed by atoms with E-state index < -0.39 is 6.10 Å². The molecule has 1 atom stereocenters. The van der Waals surface area contributed by atoms with E-state index in [-0.39, 0.29) is 5.91 Å². The van der Waals surface area contributed by atoms with Crippen LogP contribution in [-0.4, -0.2) is 21.0 Å². The van der Waals surface area contributed by atoms with E-state index in [1.54, 1.807) is 25.1 Å². The molecule has 0 aliphatic carbocycles. The van der Waals surface area contributed by atoms with E-state index >= 15 is 0 Å². The van der Waals surface area contributed by atoms with Crippen LogP contribution in [0.15, 0.2) is 43.0 Å². The molecule has 92 valence electrons. The molecule has 1 aromatic heterocycles. The van der Waals surface area contributed by atoms with Crippen molar-refractivity contribution in [3.05, 3.63) is 54.1 Å². The lowest BCUT2D eigenvalue weighted by molar-refractivity contribution is 0.102. The first kappa shape index (κ1) is 12.2. The van der Waals surface area contributed by atoms with Crippen molar-refractivity contribution in [3.8, 4) is 0 Å². The molecule has 0 bridgehead atoms. The van der Waals surface area contributed by atoms with Gasteiger partial charge in [0.25, 0.3) is 5.91 Å². The zero-order valence-corrected chi connectivity index (χ0v) is 9.87. The third-order valence-electron chi connectivity index (χ3n) is 2.48. The van der Waals surface area contributed by atoms with Gasteiger partial charge in [-0.3, -0.25) is 4.79 Å². The number of nitrogens with zero attached hydrogens (tertiary/aromatic N) is 2. The Bertz CT molecular complexity index is 541. The maximum absolute atomic E-state index is 11.9. The van der Waals surface area contributed by atoms with Crippen LogP contribution in [0.4, 0.5) is 5.69 Å². The molecule has 0 radical (unpaired) electrons. The first-order valence-electron chi connectivity index (χ1n) is 5.52. The van der Waals surface area contributed by atoms with Gasteiger partial charge in [0.1, 0.15) is 6.33 Å². The van der Waals surface area contributed by atoms with E-state index in [9.17, 15) is 9.90 Å². The normalized spacial score (nSPS) is 11.9. The Labute approximate surface area is 105 Å². The highest BCUT2D eigenvalue weighted by Gasteiger charge is 2.11. The van der Waals surface area contributed by atoms with Crippen LogP contribution in [0.5, 0.6) is 0 Å². The molecule has 2 rings (SSSR count). The van der Waals surface area contributed by atoms with E-state index in [1.807, 2.05) is 6.07 Å². The standard InChI is InChI=1S/C13H13N3O2/c1-9(17)11-4-2-3-5-12(11)16-13(18)10-6-14-8-15-7-10/h2-9,17H,1H3,(H,16,18). The Morgan fingerprint density at radius 1 is 1.28 bits per heavy atom. The zero-order valence-electron chi connectivity index (χ0n) is 9.87. The van der Waals surface area contributed by atoms with E-state index in [2.05, 4.69) is 15.3 Å². The molecule has 2 aromatic rings. The number of aromatic nitrogens is 2. The predicted octanol–water partition coefficient (Wildman–Crippen LogP) is 1.78. The lowest BCUT2D eigenvalue weighted by atomic mass is 10.1. The summed E-state index contributed by atoms with van der Waals surface area (Å²) in [5, 5.41) is 12.3. The average Bonchev–Trinajstić information content (AvgIpc) is 2.40. The first-order chi connectivity index (χ1) is 8.68. The monoisotopic (exact) mass is 243 g/mol. The summed E-state index contributed by atoms with van der Waals surface area (Å²) in [5.41, 5.74) is 1.63. The smallest absolute Gasteiger partial charge is 0.258 e. The summed E-state index contributed by atoms with van der Waals surface area (Å²) in [4.78, 5) is 19.5. The van der Waals surface area contributed by atoms with E-state index in [0.29, 0.717) is 16.8 Å². The second-order valence-corrected chi connectivity index (χ2v) is 3.84. The summed E-state index contributed by atoms with van der Waals surface area (Å²) in [5.74, 6) is -0.302. The first-order valence-corrected chi connectivity index (χ1v) is 5.52. The largest absolute Gasteiger partial charge is 0.389 e. The van der Waals surface area contributed by atoms with Crippen molar-refractivity contribution in [1.29, 1.82) is 0 Å². The Balaban J connectivity index is 2.22. The van der Waals surface area contributed by atoms with Gasteiger partial charge in [0.05, 0.1) is 11.7 Å². The average molecular weight is 243 g/mol. The lowest BCUT2D eigenvalue weighted by Crippen LogP contribution is -2.14. The van der Waals surface area contributed by atoms with E-state index in [4.69, 9.17) is 0 Å². The van der Waals surface area contributed by atoms with Crippen LogP contribution in [-0.2, 0) is 0 Å². The maximum atomic E-state index is 11.9. The third kappa shape index (κ3) is 2.70. The predicted molar refractivity (Wildman–Crippen MR) is 67.1 cm³/mol. The molecule has 1 aromatic carbocycles. The van der Waals surface area contributed by atoms with Crippen LogP contribution < -0.4 is 5.32 Å². The summed E-state index contributed by atoms with van der Waals surface area (Å²) in [6.07, 6.45) is 3.59. The number of hydrogen-bond donors (Lipinski definition) is 2. The van der Waals surface area contributed by atoms with Gasteiger partial charge in [-0.25, -0.2) is 9.97 Å². The Kier molecular flexibility index (Phi) is 3.64. The van der Waals surface area contributed by atoms with Gasteiger partial charge in [0.2, 0.25) is 0 Å². The fraction of sp³-hybridized carbons (Fsp3) is 0.154. The van der Waals surface area contributed by atoms with Crippen LogP contribution in [0, 0.1) is 0 Å². The minimum absolute atomic E-state index is 0.302. The molecule has 18 heavy (non-hydrogen) atoms. The van der Waals surface area contributed by atoms with Gasteiger partial charge in [-0.15, -0.1) is 0 Å². The molecule has 0 fully saturated rings. The minimum Gasteiger partial charge on any atom is -0.389 e. The molecule has 0 aliphatic rings. The fourth-order valence-corrected chi connectivity index (χ4v) is 1.59. The quantitative estimate of drug-likeness (QED) is 0.861. The molecular formula is C13H13N3O2. The number of aliphatic hydroxyl groups is 1. The Morgan fingerprint density at radius 2 is 1.94 bits per heavy atom. The molecule has 1 amide bonds.